The van der Waals surface area contributed by atoms with Crippen LogP contribution in [0.3, 0.4) is 0 Å². The van der Waals surface area contributed by atoms with Crippen molar-refractivity contribution in [2.24, 2.45) is 0 Å². The van der Waals surface area contributed by atoms with Gasteiger partial charge in [0.2, 0.25) is 11.0 Å². The minimum atomic E-state index is -0.443. The summed E-state index contributed by atoms with van der Waals surface area (Å²) < 4.78 is 18.1. The Balaban J connectivity index is 1.40. The summed E-state index contributed by atoms with van der Waals surface area (Å²) in [4.78, 5) is 37.4. The van der Waals surface area contributed by atoms with E-state index in [0.717, 1.165) is 0 Å². The van der Waals surface area contributed by atoms with Gasteiger partial charge in [0.15, 0.2) is 0 Å². The first-order chi connectivity index (χ1) is 14.9. The molecule has 8 nitrogen and oxygen atoms in total. The number of hydrogen-bond donors (Lipinski definition) is 1. The molecule has 1 aromatic heterocycles. The SMILES string of the molecule is CC(=O)Oc1ccc(C(=O)Nc2nnc(C3CC(=O)N(c4ccc(F)cc4)C3)s2)cc1. The molecule has 0 aliphatic carbocycles. The summed E-state index contributed by atoms with van der Waals surface area (Å²) >= 11 is 1.20. The lowest BCUT2D eigenvalue weighted by Gasteiger charge is -2.16. The highest BCUT2D eigenvalue weighted by Gasteiger charge is 2.34. The van der Waals surface area contributed by atoms with E-state index in [1.807, 2.05) is 0 Å². The zero-order valence-electron chi connectivity index (χ0n) is 16.4. The molecule has 2 heterocycles. The Kier molecular flexibility index (Phi) is 5.72. The molecule has 10 heteroatoms. The maximum absolute atomic E-state index is 13.1. The zero-order valence-corrected chi connectivity index (χ0v) is 17.2. The number of halogens is 1. The monoisotopic (exact) mass is 440 g/mol. The maximum atomic E-state index is 13.1. The molecule has 0 saturated carbocycles. The van der Waals surface area contributed by atoms with Crippen molar-refractivity contribution in [3.05, 3.63) is 64.9 Å². The molecular weight excluding hydrogens is 423 g/mol. The van der Waals surface area contributed by atoms with Crippen LogP contribution in [0, 0.1) is 5.82 Å². The van der Waals surface area contributed by atoms with Crippen LogP contribution in [0.1, 0.15) is 34.6 Å². The fourth-order valence-electron chi connectivity index (χ4n) is 3.20. The lowest BCUT2D eigenvalue weighted by molar-refractivity contribution is -0.131. The Morgan fingerprint density at radius 1 is 1.13 bits per heavy atom. The predicted molar refractivity (Wildman–Crippen MR) is 112 cm³/mol. The van der Waals surface area contributed by atoms with E-state index in [1.54, 1.807) is 17.0 Å². The number of anilines is 2. The lowest BCUT2D eigenvalue weighted by Crippen LogP contribution is -2.24. The number of esters is 1. The smallest absolute Gasteiger partial charge is 0.308 e. The van der Waals surface area contributed by atoms with Crippen LogP contribution < -0.4 is 15.0 Å². The van der Waals surface area contributed by atoms with E-state index >= 15 is 0 Å². The van der Waals surface area contributed by atoms with Gasteiger partial charge in [0.05, 0.1) is 0 Å². The van der Waals surface area contributed by atoms with Crippen LogP contribution in [0.15, 0.2) is 48.5 Å². The fourth-order valence-corrected chi connectivity index (χ4v) is 4.03. The third kappa shape index (κ3) is 4.75. The van der Waals surface area contributed by atoms with Crippen LogP contribution in [-0.4, -0.2) is 34.5 Å². The average Bonchev–Trinajstić information content (AvgIpc) is 3.35. The quantitative estimate of drug-likeness (QED) is 0.482. The number of aromatic nitrogens is 2. The van der Waals surface area contributed by atoms with Crippen molar-refractivity contribution in [1.82, 2.24) is 10.2 Å². The number of nitrogens with zero attached hydrogens (tertiary/aromatic N) is 3. The van der Waals surface area contributed by atoms with Gasteiger partial charge in [-0.1, -0.05) is 11.3 Å². The van der Waals surface area contributed by atoms with Crippen molar-refractivity contribution >= 4 is 39.9 Å². The number of amides is 2. The van der Waals surface area contributed by atoms with Gasteiger partial charge in [-0.3, -0.25) is 19.7 Å². The molecule has 3 aromatic rings. The first-order valence-corrected chi connectivity index (χ1v) is 10.2. The summed E-state index contributed by atoms with van der Waals surface area (Å²) in [6.45, 7) is 1.70. The van der Waals surface area contributed by atoms with Crippen LogP contribution in [0.2, 0.25) is 0 Å². The number of nitrogens with one attached hydrogen (secondary N) is 1. The molecular formula is C21H17FN4O4S. The van der Waals surface area contributed by atoms with E-state index in [4.69, 9.17) is 4.74 Å². The normalized spacial score (nSPS) is 15.7. The summed E-state index contributed by atoms with van der Waals surface area (Å²) in [5.74, 6) is -1.08. The molecule has 1 atom stereocenters. The van der Waals surface area contributed by atoms with E-state index in [9.17, 15) is 18.8 Å². The Labute approximate surface area is 180 Å². The molecule has 0 radical (unpaired) electrons. The Morgan fingerprint density at radius 3 is 2.52 bits per heavy atom. The van der Waals surface area contributed by atoms with Crippen molar-refractivity contribution in [1.29, 1.82) is 0 Å². The minimum absolute atomic E-state index is 0.0785. The van der Waals surface area contributed by atoms with E-state index in [0.29, 0.717) is 33.7 Å². The molecule has 1 aliphatic rings. The van der Waals surface area contributed by atoms with Crippen LogP contribution in [0.25, 0.3) is 0 Å². The summed E-state index contributed by atoms with van der Waals surface area (Å²) in [6, 6.07) is 11.9. The van der Waals surface area contributed by atoms with Gasteiger partial charge in [0.25, 0.3) is 5.91 Å². The maximum Gasteiger partial charge on any atom is 0.308 e. The Morgan fingerprint density at radius 2 is 1.84 bits per heavy atom. The Hall–Kier alpha value is -3.66. The van der Waals surface area contributed by atoms with Gasteiger partial charge in [-0.15, -0.1) is 10.2 Å². The van der Waals surface area contributed by atoms with Gasteiger partial charge in [-0.25, -0.2) is 4.39 Å². The van der Waals surface area contributed by atoms with Gasteiger partial charge in [0.1, 0.15) is 16.6 Å². The summed E-state index contributed by atoms with van der Waals surface area (Å²) in [7, 11) is 0. The van der Waals surface area contributed by atoms with Crippen LogP contribution in [-0.2, 0) is 9.59 Å². The standard InChI is InChI=1S/C21H17FN4O4S/c1-12(27)30-17-8-2-13(3-9-17)19(29)23-21-25-24-20(31-21)14-10-18(28)26(11-14)16-6-4-15(22)5-7-16/h2-9,14H,10-11H2,1H3,(H,23,25,29). The molecule has 31 heavy (non-hydrogen) atoms. The molecule has 1 fully saturated rings. The average molecular weight is 440 g/mol. The second-order valence-electron chi connectivity index (χ2n) is 6.90. The highest BCUT2D eigenvalue weighted by atomic mass is 32.1. The second-order valence-corrected chi connectivity index (χ2v) is 7.91. The van der Waals surface area contributed by atoms with Gasteiger partial charge in [-0.2, -0.15) is 0 Å². The first-order valence-electron chi connectivity index (χ1n) is 9.38. The molecule has 1 saturated heterocycles. The number of rotatable bonds is 5. The number of carbonyl (C=O) groups excluding carboxylic acids is 3. The van der Waals surface area contributed by atoms with Crippen molar-refractivity contribution in [3.63, 3.8) is 0 Å². The molecule has 4 rings (SSSR count). The molecule has 2 amide bonds. The topological polar surface area (TPSA) is 101 Å². The highest BCUT2D eigenvalue weighted by molar-refractivity contribution is 7.15. The van der Waals surface area contributed by atoms with Crippen LogP contribution >= 0.6 is 11.3 Å². The zero-order chi connectivity index (χ0) is 22.0. The van der Waals surface area contributed by atoms with Crippen molar-refractivity contribution < 1.29 is 23.5 Å². The molecule has 1 aliphatic heterocycles. The summed E-state index contributed by atoms with van der Waals surface area (Å²) in [5, 5.41) is 11.8. The fraction of sp³-hybridized carbons (Fsp3) is 0.190. The van der Waals surface area contributed by atoms with E-state index < -0.39 is 5.97 Å². The van der Waals surface area contributed by atoms with E-state index in [-0.39, 0.29) is 30.0 Å². The van der Waals surface area contributed by atoms with Crippen molar-refractivity contribution in [2.45, 2.75) is 19.3 Å². The molecule has 1 N–H and O–H groups in total. The van der Waals surface area contributed by atoms with Gasteiger partial charge >= 0.3 is 5.97 Å². The summed E-state index contributed by atoms with van der Waals surface area (Å²) in [6.07, 6.45) is 0.261. The van der Waals surface area contributed by atoms with Crippen LogP contribution in [0.4, 0.5) is 15.2 Å². The van der Waals surface area contributed by atoms with Crippen molar-refractivity contribution in [3.8, 4) is 5.75 Å². The lowest BCUT2D eigenvalue weighted by atomic mass is 10.1. The largest absolute Gasteiger partial charge is 0.427 e. The number of carbonyl (C=O) groups is 3. The van der Waals surface area contributed by atoms with E-state index in [2.05, 4.69) is 15.5 Å². The highest BCUT2D eigenvalue weighted by Crippen LogP contribution is 2.34. The predicted octanol–water partition coefficient (Wildman–Crippen LogP) is 3.38. The molecule has 2 aromatic carbocycles. The van der Waals surface area contributed by atoms with Crippen molar-refractivity contribution in [2.75, 3.05) is 16.8 Å². The van der Waals surface area contributed by atoms with Crippen LogP contribution in [0.5, 0.6) is 5.75 Å². The van der Waals surface area contributed by atoms with Gasteiger partial charge < -0.3 is 9.64 Å². The van der Waals surface area contributed by atoms with Gasteiger partial charge in [-0.05, 0) is 48.5 Å². The Bertz CT molecular complexity index is 1130. The minimum Gasteiger partial charge on any atom is -0.427 e. The third-order valence-electron chi connectivity index (χ3n) is 4.65. The molecule has 158 valence electrons. The number of ether oxygens (including phenoxy) is 1. The van der Waals surface area contributed by atoms with Gasteiger partial charge in [0, 0.05) is 37.1 Å². The molecule has 0 spiro atoms. The number of hydrogen-bond acceptors (Lipinski definition) is 7. The van der Waals surface area contributed by atoms with E-state index in [1.165, 1.54) is 54.7 Å². The molecule has 1 unspecified atom stereocenters. The first kappa shape index (κ1) is 20.6. The second kappa shape index (κ2) is 8.60. The third-order valence-corrected chi connectivity index (χ3v) is 5.65. The molecule has 0 bridgehead atoms. The summed E-state index contributed by atoms with van der Waals surface area (Å²) in [5.41, 5.74) is 0.996. The number of benzene rings is 2.